The second kappa shape index (κ2) is 19.2. The molecule has 0 saturated heterocycles. The Bertz CT molecular complexity index is 1050. The van der Waals surface area contributed by atoms with Crippen molar-refractivity contribution in [3.8, 4) is 0 Å². The zero-order chi connectivity index (χ0) is 27.5. The number of hydrogen-bond acceptors (Lipinski definition) is 5. The summed E-state index contributed by atoms with van der Waals surface area (Å²) in [5.41, 5.74) is 25.8. The number of nitrogen functional groups attached to an aromatic ring is 3. The predicted octanol–water partition coefficient (Wildman–Crippen LogP) is 6.91. The van der Waals surface area contributed by atoms with Crippen LogP contribution < -0.4 is 17.2 Å². The van der Waals surface area contributed by atoms with Crippen molar-refractivity contribution in [1.29, 1.82) is 0 Å². The van der Waals surface area contributed by atoms with Gasteiger partial charge < -0.3 is 17.2 Å². The molecule has 9 heteroatoms. The van der Waals surface area contributed by atoms with Crippen molar-refractivity contribution < 1.29 is 41.6 Å². The second-order valence-electron chi connectivity index (χ2n) is 7.53. The first-order valence-electron chi connectivity index (χ1n) is 11.3. The largest absolute Gasteiger partial charge is 0 e. The first kappa shape index (κ1) is 31.0. The Labute approximate surface area is 249 Å². The number of rotatable bonds is 0. The van der Waals surface area contributed by atoms with E-state index in [1.165, 1.54) is 22.3 Å². The number of benzene rings is 3. The molecule has 0 heterocycles. The van der Waals surface area contributed by atoms with E-state index in [0.717, 1.165) is 27.0 Å². The van der Waals surface area contributed by atoms with Crippen molar-refractivity contribution in [3.63, 3.8) is 0 Å². The molecule has 0 aliphatic rings. The quantitative estimate of drug-likeness (QED) is 0.118. The first-order valence-corrected chi connectivity index (χ1v) is 11.0. The molecule has 1 radical (unpaired) electrons. The first-order chi connectivity index (χ1) is 16.0. The van der Waals surface area contributed by atoms with Crippen LogP contribution in [0.15, 0.2) is 51.2 Å². The van der Waals surface area contributed by atoms with Crippen LogP contribution >= 0.6 is 28.7 Å². The monoisotopic (exact) mass is 678 g/mol. The minimum absolute atomic E-state index is 0. The van der Waals surface area contributed by atoms with Crippen LogP contribution in [-0.2, 0) is 37.5 Å². The van der Waals surface area contributed by atoms with Crippen molar-refractivity contribution in [2.45, 2.75) is 48.4 Å². The molecule has 4 nitrogen and oxygen atoms in total. The summed E-state index contributed by atoms with van der Waals surface area (Å²) in [6.45, 7) is 9.66. The minimum atomic E-state index is -2.04. The third kappa shape index (κ3) is 15.0. The molecule has 0 saturated carbocycles. The Kier molecular flexibility index (Phi) is 17.5. The van der Waals surface area contributed by atoms with Gasteiger partial charge in [-0.25, -0.2) is 0 Å². The fraction of sp³-hybridized carbons (Fsp3) is 0.280. The standard InChI is InChI=1S/C9H13N.C8H10BrN.C8H11N.BHNS.Fe.Pd/c1-6-4-9(10)5-7(2)8(6)3;1-5-3-7(10)4-6(2)8(5)9;1-6-3-7(2)5-8(9)4-6;1-2-3;;/h4-5H,10H2,1-3H3;3-4H,10H2,1-2H3;3-5H,9H2,1-2H3;3H;;/i3D3;;;;;. The number of aryl methyl sites for hydroxylation is 6. The molecule has 0 aromatic heterocycles. The van der Waals surface area contributed by atoms with Gasteiger partial charge in [0.1, 0.15) is 0 Å². The predicted molar refractivity (Wildman–Crippen MR) is 151 cm³/mol. The van der Waals surface area contributed by atoms with Gasteiger partial charge in [-0.3, -0.25) is 0 Å². The summed E-state index contributed by atoms with van der Waals surface area (Å²) in [4.78, 5) is 0. The molecule has 0 spiro atoms. The average Bonchev–Trinajstić information content (AvgIpc) is 2.64. The van der Waals surface area contributed by atoms with Crippen molar-refractivity contribution >= 4 is 53.4 Å². The molecule has 0 fully saturated rings. The molecule has 6 N–H and O–H groups in total. The van der Waals surface area contributed by atoms with E-state index in [-0.39, 0.29) is 37.5 Å². The molecule has 3 aromatic carbocycles. The molecule has 3 rings (SSSR count). The molecular weight excluding hydrogens is 641 g/mol. The molecule has 0 aliphatic carbocycles. The van der Waals surface area contributed by atoms with Gasteiger partial charge in [0.15, 0.2) is 0 Å². The number of anilines is 3. The molecular formula is C25H35BBrFeN4PdS. The summed E-state index contributed by atoms with van der Waals surface area (Å²) in [5, 5.41) is 0. The van der Waals surface area contributed by atoms with Gasteiger partial charge in [0.05, 0.1) is 0 Å². The van der Waals surface area contributed by atoms with Gasteiger partial charge in [0, 0.05) is 63.1 Å². The van der Waals surface area contributed by atoms with Gasteiger partial charge in [-0.2, -0.15) is 0 Å². The summed E-state index contributed by atoms with van der Waals surface area (Å²) >= 11 is 6.65. The van der Waals surface area contributed by atoms with Crippen molar-refractivity contribution in [3.05, 3.63) is 85.9 Å². The Hall–Kier alpha value is -1.06. The fourth-order valence-electron chi connectivity index (χ4n) is 2.99. The summed E-state index contributed by atoms with van der Waals surface area (Å²) in [5.74, 6) is 0. The van der Waals surface area contributed by atoms with Crippen LogP contribution in [0.1, 0.15) is 43.1 Å². The van der Waals surface area contributed by atoms with Gasteiger partial charge in [-0.1, -0.05) is 22.0 Å². The zero-order valence-electron chi connectivity index (χ0n) is 23.3. The maximum Gasteiger partial charge on any atom is 0 e. The summed E-state index contributed by atoms with van der Waals surface area (Å²) in [6.07, 6.45) is 0. The van der Waals surface area contributed by atoms with E-state index < -0.39 is 6.85 Å². The third-order valence-corrected chi connectivity index (χ3v) is 5.51. The van der Waals surface area contributed by atoms with Gasteiger partial charge in [-0.15, -0.1) is 0 Å². The Morgan fingerprint density at radius 2 is 1.03 bits per heavy atom. The molecule has 34 heavy (non-hydrogen) atoms. The zero-order valence-corrected chi connectivity index (χ0v) is 25.4. The number of nitrogens with two attached hydrogens (primary N) is 3. The molecule has 0 unspecified atom stereocenters. The second-order valence-corrected chi connectivity index (χ2v) is 8.56. The normalized spacial score (nSPS) is 10.4. The van der Waals surface area contributed by atoms with E-state index in [1.54, 1.807) is 26.0 Å². The van der Waals surface area contributed by atoms with Crippen LogP contribution in [0.4, 0.5) is 17.1 Å². The maximum atomic E-state index is 7.32. The number of halogens is 1. The van der Waals surface area contributed by atoms with Gasteiger partial charge in [0.2, 0.25) is 0 Å². The van der Waals surface area contributed by atoms with Crippen molar-refractivity contribution in [2.24, 2.45) is 4.30 Å². The number of hydrogen-bond donors (Lipinski definition) is 4. The summed E-state index contributed by atoms with van der Waals surface area (Å²) in [6, 6.07) is 13.3. The molecule has 0 atom stereocenters. The molecule has 3 aromatic rings. The van der Waals surface area contributed by atoms with Crippen LogP contribution in [-0.4, -0.2) is 7.64 Å². The fourth-order valence-corrected chi connectivity index (χ4v) is 3.22. The Morgan fingerprint density at radius 1 is 0.735 bits per heavy atom. The van der Waals surface area contributed by atoms with Gasteiger partial charge in [0.25, 0.3) is 0 Å². The smallest absolute Gasteiger partial charge is 0 e. The van der Waals surface area contributed by atoms with Crippen LogP contribution in [0, 0.1) is 48.4 Å². The average molecular weight is 680 g/mol. The maximum absolute atomic E-state index is 7.32. The summed E-state index contributed by atoms with van der Waals surface area (Å²) < 4.78 is 25.8. The molecule has 0 bridgehead atoms. The van der Waals surface area contributed by atoms with E-state index in [2.05, 4.69) is 46.8 Å². The summed E-state index contributed by atoms with van der Waals surface area (Å²) in [7, 11) is 4.34. The van der Waals surface area contributed by atoms with Crippen LogP contribution in [0.25, 0.3) is 0 Å². The Morgan fingerprint density at radius 3 is 1.32 bits per heavy atom. The van der Waals surface area contributed by atoms with Crippen molar-refractivity contribution in [2.75, 3.05) is 17.2 Å². The SMILES string of the molecule is Cc1cc(C)cc(N)c1.Cc1cc(N)cc(C)c1Br.[2H]C([2H])([2H])c1c(C)cc(N)cc1C.[B]=NS.[Fe].[Pd]. The molecule has 189 valence electrons. The van der Waals surface area contributed by atoms with Crippen molar-refractivity contribution in [1.82, 2.24) is 0 Å². The van der Waals surface area contributed by atoms with E-state index in [1.807, 2.05) is 52.0 Å². The van der Waals surface area contributed by atoms with Crippen LogP contribution in [0.3, 0.4) is 0 Å². The van der Waals surface area contributed by atoms with Gasteiger partial charge in [-0.05, 0) is 124 Å². The van der Waals surface area contributed by atoms with E-state index >= 15 is 0 Å². The number of nitrogens with zero attached hydrogens (tertiary/aromatic N) is 1. The van der Waals surface area contributed by atoms with E-state index in [0.29, 0.717) is 11.3 Å². The topological polar surface area (TPSA) is 90.4 Å². The minimum Gasteiger partial charge on any atom is 0 e. The Balaban J connectivity index is -0.000000439. The third-order valence-electron chi connectivity index (χ3n) is 4.26. The van der Waals surface area contributed by atoms with Crippen LogP contribution in [0.5, 0.6) is 0 Å². The van der Waals surface area contributed by atoms with Gasteiger partial charge >= 0.3 is 24.8 Å². The van der Waals surface area contributed by atoms with E-state index in [9.17, 15) is 0 Å². The number of thiol groups is 1. The van der Waals surface area contributed by atoms with E-state index in [4.69, 9.17) is 21.3 Å². The molecule has 0 amide bonds. The molecule has 0 aliphatic heterocycles. The van der Waals surface area contributed by atoms with Crippen LogP contribution in [0.2, 0.25) is 0 Å².